The van der Waals surface area contributed by atoms with Crippen LogP contribution in [0.2, 0.25) is 0 Å². The van der Waals surface area contributed by atoms with Gasteiger partial charge in [-0.25, -0.2) is 8.78 Å². The van der Waals surface area contributed by atoms with Crippen molar-refractivity contribution in [3.8, 4) is 0 Å². The number of halogens is 3. The third-order valence-electron chi connectivity index (χ3n) is 7.66. The predicted molar refractivity (Wildman–Crippen MR) is 157 cm³/mol. The van der Waals surface area contributed by atoms with Crippen molar-refractivity contribution in [2.24, 2.45) is 0 Å². The standard InChI is InChI=1S/C35H35F2N2.ClH/c36-33-19-15-31(16-20-33)35(32-17-21-34(37)22-18-32)38-23-27-39(28-24-38,25-7-13-29-9-3-1-4-10-29)26-8-14-30-11-5-2-6-12-30;/h1-22,35H,23-28H2;1H/q+1;/p-1. The Morgan fingerprint density at radius 1 is 0.600 bits per heavy atom. The van der Waals surface area contributed by atoms with E-state index in [0.717, 1.165) is 54.9 Å². The van der Waals surface area contributed by atoms with E-state index in [1.165, 1.54) is 35.4 Å². The maximum absolute atomic E-state index is 13.8. The molecule has 1 fully saturated rings. The van der Waals surface area contributed by atoms with E-state index in [2.05, 4.69) is 77.7 Å². The fraction of sp³-hybridized carbons (Fsp3) is 0.200. The summed E-state index contributed by atoms with van der Waals surface area (Å²) in [5.41, 5.74) is 4.47. The summed E-state index contributed by atoms with van der Waals surface area (Å²) in [7, 11) is 0. The second kappa shape index (κ2) is 14.2. The van der Waals surface area contributed by atoms with Crippen molar-refractivity contribution in [2.75, 3.05) is 39.3 Å². The zero-order chi connectivity index (χ0) is 26.9. The van der Waals surface area contributed by atoms with Crippen LogP contribution in [0, 0.1) is 11.6 Å². The Bertz CT molecular complexity index is 1260. The lowest BCUT2D eigenvalue weighted by atomic mass is 9.96. The Balaban J connectivity index is 0.00000370. The first-order valence-corrected chi connectivity index (χ1v) is 13.6. The molecule has 0 N–H and O–H groups in total. The summed E-state index contributed by atoms with van der Waals surface area (Å²) in [6.45, 7) is 5.63. The topological polar surface area (TPSA) is 3.24 Å². The molecule has 0 aliphatic carbocycles. The molecule has 0 amide bonds. The van der Waals surface area contributed by atoms with Gasteiger partial charge in [-0.05, 0) is 58.7 Å². The van der Waals surface area contributed by atoms with E-state index >= 15 is 0 Å². The lowest BCUT2D eigenvalue weighted by Gasteiger charge is -2.46. The van der Waals surface area contributed by atoms with Gasteiger partial charge in [0.25, 0.3) is 0 Å². The maximum Gasteiger partial charge on any atom is 0.123 e. The second-order valence-corrected chi connectivity index (χ2v) is 10.3. The van der Waals surface area contributed by atoms with Crippen LogP contribution in [-0.2, 0) is 0 Å². The zero-order valence-electron chi connectivity index (χ0n) is 22.6. The summed E-state index contributed by atoms with van der Waals surface area (Å²) in [5.74, 6) is -0.498. The summed E-state index contributed by atoms with van der Waals surface area (Å²) >= 11 is 0. The van der Waals surface area contributed by atoms with Crippen LogP contribution >= 0.6 is 0 Å². The highest BCUT2D eigenvalue weighted by Gasteiger charge is 2.35. The summed E-state index contributed by atoms with van der Waals surface area (Å²) in [6.07, 6.45) is 9.04. The van der Waals surface area contributed by atoms with Crippen molar-refractivity contribution >= 4 is 12.2 Å². The van der Waals surface area contributed by atoms with Crippen molar-refractivity contribution in [1.82, 2.24) is 4.90 Å². The molecule has 0 unspecified atom stereocenters. The molecule has 206 valence electrons. The van der Waals surface area contributed by atoms with Crippen molar-refractivity contribution in [2.45, 2.75) is 6.04 Å². The van der Waals surface area contributed by atoms with Crippen molar-refractivity contribution < 1.29 is 25.7 Å². The van der Waals surface area contributed by atoms with Gasteiger partial charge in [0.15, 0.2) is 0 Å². The monoisotopic (exact) mass is 556 g/mol. The molecule has 1 saturated heterocycles. The average Bonchev–Trinajstić information content (AvgIpc) is 2.97. The molecule has 1 heterocycles. The molecule has 1 aliphatic heterocycles. The largest absolute Gasteiger partial charge is 1.00 e. The van der Waals surface area contributed by atoms with Gasteiger partial charge in [0.2, 0.25) is 0 Å². The average molecular weight is 557 g/mol. The van der Waals surface area contributed by atoms with Gasteiger partial charge in [-0.15, -0.1) is 0 Å². The van der Waals surface area contributed by atoms with E-state index in [4.69, 9.17) is 0 Å². The first-order chi connectivity index (χ1) is 19.1. The van der Waals surface area contributed by atoms with Crippen LogP contribution in [0.1, 0.15) is 28.3 Å². The van der Waals surface area contributed by atoms with Gasteiger partial charge in [-0.3, -0.25) is 4.90 Å². The highest BCUT2D eigenvalue weighted by Crippen LogP contribution is 2.31. The summed E-state index contributed by atoms with van der Waals surface area (Å²) in [6, 6.07) is 34.3. The van der Waals surface area contributed by atoms with Gasteiger partial charge in [0.1, 0.15) is 11.6 Å². The van der Waals surface area contributed by atoms with Gasteiger partial charge < -0.3 is 16.9 Å². The van der Waals surface area contributed by atoms with Gasteiger partial charge in [-0.1, -0.05) is 97.1 Å². The maximum atomic E-state index is 13.8. The number of quaternary nitrogens is 1. The molecular formula is C35H35ClF2N2. The Morgan fingerprint density at radius 2 is 1.00 bits per heavy atom. The molecule has 0 radical (unpaired) electrons. The number of rotatable bonds is 9. The minimum absolute atomic E-state index is 0. The number of hydrogen-bond acceptors (Lipinski definition) is 1. The van der Waals surface area contributed by atoms with E-state index < -0.39 is 0 Å². The molecule has 0 atom stereocenters. The van der Waals surface area contributed by atoms with E-state index in [1.807, 2.05) is 36.4 Å². The molecule has 0 bridgehead atoms. The van der Waals surface area contributed by atoms with Crippen molar-refractivity contribution in [3.63, 3.8) is 0 Å². The molecule has 0 spiro atoms. The zero-order valence-corrected chi connectivity index (χ0v) is 23.3. The molecule has 0 aromatic heterocycles. The lowest BCUT2D eigenvalue weighted by Crippen LogP contribution is -3.00. The first-order valence-electron chi connectivity index (χ1n) is 13.6. The molecule has 40 heavy (non-hydrogen) atoms. The molecule has 4 aromatic rings. The minimum atomic E-state index is -0.249. The number of benzene rings is 4. The summed E-state index contributed by atoms with van der Waals surface area (Å²) in [5, 5.41) is 0. The quantitative estimate of drug-likeness (QED) is 0.272. The number of hydrogen-bond donors (Lipinski definition) is 0. The predicted octanol–water partition coefficient (Wildman–Crippen LogP) is 4.62. The Kier molecular flexibility index (Phi) is 10.4. The molecular weight excluding hydrogens is 522 g/mol. The minimum Gasteiger partial charge on any atom is -1.00 e. The highest BCUT2D eigenvalue weighted by molar-refractivity contribution is 5.49. The van der Waals surface area contributed by atoms with Gasteiger partial charge >= 0.3 is 0 Å². The molecule has 5 heteroatoms. The second-order valence-electron chi connectivity index (χ2n) is 10.3. The van der Waals surface area contributed by atoms with Gasteiger partial charge in [0, 0.05) is 13.1 Å². The third kappa shape index (κ3) is 7.76. The van der Waals surface area contributed by atoms with Gasteiger partial charge in [0.05, 0.1) is 32.2 Å². The SMILES string of the molecule is Fc1ccc(C(c2ccc(F)cc2)N2CC[N+](CC=Cc3ccccc3)(CC=Cc3ccccc3)CC2)cc1.[Cl-]. The summed E-state index contributed by atoms with van der Waals surface area (Å²) < 4.78 is 28.5. The molecule has 2 nitrogen and oxygen atoms in total. The van der Waals surface area contributed by atoms with E-state index in [0.29, 0.717) is 0 Å². The smallest absolute Gasteiger partial charge is 0.123 e. The van der Waals surface area contributed by atoms with Crippen molar-refractivity contribution in [3.05, 3.63) is 155 Å². The van der Waals surface area contributed by atoms with E-state index in [-0.39, 0.29) is 30.1 Å². The normalized spacial score (nSPS) is 15.5. The van der Waals surface area contributed by atoms with Crippen LogP contribution < -0.4 is 12.4 Å². The fourth-order valence-corrected chi connectivity index (χ4v) is 5.46. The van der Waals surface area contributed by atoms with E-state index in [1.54, 1.807) is 0 Å². The lowest BCUT2D eigenvalue weighted by molar-refractivity contribution is -0.921. The van der Waals surface area contributed by atoms with Crippen LogP contribution in [0.25, 0.3) is 12.2 Å². The van der Waals surface area contributed by atoms with Crippen LogP contribution in [0.4, 0.5) is 8.78 Å². The third-order valence-corrected chi connectivity index (χ3v) is 7.66. The number of nitrogens with zero attached hydrogens (tertiary/aromatic N) is 2. The van der Waals surface area contributed by atoms with Gasteiger partial charge in [-0.2, -0.15) is 0 Å². The first kappa shape index (κ1) is 29.4. The molecule has 4 aromatic carbocycles. The van der Waals surface area contributed by atoms with Crippen LogP contribution in [0.15, 0.2) is 121 Å². The molecule has 1 aliphatic rings. The summed E-state index contributed by atoms with van der Waals surface area (Å²) in [4.78, 5) is 2.46. The molecule has 5 rings (SSSR count). The Hall–Kier alpha value is -3.57. The fourth-order valence-electron chi connectivity index (χ4n) is 5.46. The Morgan fingerprint density at radius 3 is 1.40 bits per heavy atom. The van der Waals surface area contributed by atoms with E-state index in [9.17, 15) is 8.78 Å². The highest BCUT2D eigenvalue weighted by atomic mass is 35.5. The van der Waals surface area contributed by atoms with Crippen LogP contribution in [0.3, 0.4) is 0 Å². The Labute approximate surface area is 242 Å². The van der Waals surface area contributed by atoms with Crippen molar-refractivity contribution in [1.29, 1.82) is 0 Å². The van der Waals surface area contributed by atoms with Crippen LogP contribution in [-0.4, -0.2) is 48.7 Å². The van der Waals surface area contributed by atoms with Crippen LogP contribution in [0.5, 0.6) is 0 Å². The number of piperazine rings is 1. The molecule has 0 saturated carbocycles.